The first-order valence-electron chi connectivity index (χ1n) is 3.41. The zero-order valence-electron chi connectivity index (χ0n) is 7.08. The summed E-state index contributed by atoms with van der Waals surface area (Å²) in [5, 5.41) is 0.0954. The van der Waals surface area contributed by atoms with Gasteiger partial charge in [-0.3, -0.25) is 4.79 Å². The summed E-state index contributed by atoms with van der Waals surface area (Å²) in [4.78, 5) is 19.8. The molecule has 0 atom stereocenters. The molecule has 4 nitrogen and oxygen atoms in total. The van der Waals surface area contributed by atoms with E-state index in [2.05, 4.69) is 9.97 Å². The molecule has 6 heteroatoms. The van der Waals surface area contributed by atoms with Crippen molar-refractivity contribution in [1.82, 2.24) is 9.97 Å². The molecular formula is C7H7Cl2N3O. The van der Waals surface area contributed by atoms with Crippen molar-refractivity contribution in [2.45, 2.75) is 0 Å². The molecule has 0 aliphatic rings. The lowest BCUT2D eigenvalue weighted by Crippen LogP contribution is -2.14. The molecule has 1 aromatic heterocycles. The summed E-state index contributed by atoms with van der Waals surface area (Å²) in [6, 6.07) is 0. The zero-order valence-corrected chi connectivity index (χ0v) is 8.60. The minimum absolute atomic E-state index is 0.0271. The van der Waals surface area contributed by atoms with E-state index in [1.165, 1.54) is 0 Å². The van der Waals surface area contributed by atoms with Gasteiger partial charge in [-0.2, -0.15) is 4.98 Å². The van der Waals surface area contributed by atoms with Crippen LogP contribution in [0.2, 0.25) is 10.4 Å². The topological polar surface area (TPSA) is 46.1 Å². The van der Waals surface area contributed by atoms with Crippen LogP contribution in [-0.4, -0.2) is 30.3 Å². The first-order valence-corrected chi connectivity index (χ1v) is 4.17. The lowest BCUT2D eigenvalue weighted by molar-refractivity contribution is 0.112. The van der Waals surface area contributed by atoms with Gasteiger partial charge in [0.05, 0.1) is 5.56 Å². The summed E-state index contributed by atoms with van der Waals surface area (Å²) in [7, 11) is 3.48. The maximum absolute atomic E-state index is 10.6. The van der Waals surface area contributed by atoms with E-state index < -0.39 is 0 Å². The van der Waals surface area contributed by atoms with Gasteiger partial charge in [0.2, 0.25) is 5.28 Å². The standard InChI is InChI=1S/C7H7Cl2N3O/c1-12(2)6-4(3-13)5(8)10-7(9)11-6/h3H,1-2H3. The average molecular weight is 220 g/mol. The first kappa shape index (κ1) is 10.2. The maximum Gasteiger partial charge on any atom is 0.225 e. The summed E-state index contributed by atoms with van der Waals surface area (Å²) in [6.45, 7) is 0. The summed E-state index contributed by atoms with van der Waals surface area (Å²) in [6.07, 6.45) is 0.605. The maximum atomic E-state index is 10.6. The SMILES string of the molecule is CN(C)c1nc(Cl)nc(Cl)c1C=O. The van der Waals surface area contributed by atoms with Crippen LogP contribution in [0.4, 0.5) is 5.82 Å². The van der Waals surface area contributed by atoms with Crippen LogP contribution < -0.4 is 4.90 Å². The average Bonchev–Trinajstić information content (AvgIpc) is 2.02. The molecule has 70 valence electrons. The van der Waals surface area contributed by atoms with E-state index >= 15 is 0 Å². The van der Waals surface area contributed by atoms with Gasteiger partial charge in [-0.15, -0.1) is 0 Å². The Kier molecular flexibility index (Phi) is 3.06. The van der Waals surface area contributed by atoms with Gasteiger partial charge in [0.15, 0.2) is 6.29 Å². The molecule has 1 aromatic rings. The van der Waals surface area contributed by atoms with E-state index in [1.54, 1.807) is 19.0 Å². The van der Waals surface area contributed by atoms with Crippen molar-refractivity contribution in [2.75, 3.05) is 19.0 Å². The number of rotatable bonds is 2. The van der Waals surface area contributed by atoms with Gasteiger partial charge in [-0.05, 0) is 11.6 Å². The third-order valence-electron chi connectivity index (χ3n) is 1.39. The molecule has 0 aliphatic heterocycles. The van der Waals surface area contributed by atoms with Crippen molar-refractivity contribution in [3.8, 4) is 0 Å². The minimum atomic E-state index is 0.0271. The number of aromatic nitrogens is 2. The van der Waals surface area contributed by atoms with Gasteiger partial charge in [0, 0.05) is 14.1 Å². The van der Waals surface area contributed by atoms with Crippen molar-refractivity contribution in [3.63, 3.8) is 0 Å². The molecule has 13 heavy (non-hydrogen) atoms. The molecule has 0 saturated heterocycles. The Morgan fingerprint density at radius 2 is 1.92 bits per heavy atom. The fourth-order valence-corrected chi connectivity index (χ4v) is 1.27. The molecule has 0 saturated carbocycles. The van der Waals surface area contributed by atoms with Gasteiger partial charge in [-0.25, -0.2) is 4.98 Å². The van der Waals surface area contributed by atoms with Gasteiger partial charge in [0.25, 0.3) is 0 Å². The molecule has 0 aliphatic carbocycles. The highest BCUT2D eigenvalue weighted by atomic mass is 35.5. The zero-order chi connectivity index (χ0) is 10.0. The third-order valence-corrected chi connectivity index (χ3v) is 1.85. The first-order chi connectivity index (χ1) is 6.06. The van der Waals surface area contributed by atoms with Gasteiger partial charge in [0.1, 0.15) is 11.0 Å². The van der Waals surface area contributed by atoms with Crippen LogP contribution in [0.3, 0.4) is 0 Å². The van der Waals surface area contributed by atoms with E-state index in [1.807, 2.05) is 0 Å². The second-order valence-corrected chi connectivity index (χ2v) is 3.23. The number of aldehydes is 1. The second kappa shape index (κ2) is 3.89. The van der Waals surface area contributed by atoms with Crippen LogP contribution in [0.1, 0.15) is 10.4 Å². The lowest BCUT2D eigenvalue weighted by Gasteiger charge is -2.13. The van der Waals surface area contributed by atoms with Crippen molar-refractivity contribution < 1.29 is 4.79 Å². The fraction of sp³-hybridized carbons (Fsp3) is 0.286. The summed E-state index contributed by atoms with van der Waals surface area (Å²) >= 11 is 11.3. The number of hydrogen-bond donors (Lipinski definition) is 0. The van der Waals surface area contributed by atoms with E-state index in [0.29, 0.717) is 12.1 Å². The highest BCUT2D eigenvalue weighted by Crippen LogP contribution is 2.22. The highest BCUT2D eigenvalue weighted by Gasteiger charge is 2.12. The number of nitrogens with zero attached hydrogens (tertiary/aromatic N) is 3. The van der Waals surface area contributed by atoms with Crippen LogP contribution in [0.25, 0.3) is 0 Å². The van der Waals surface area contributed by atoms with Crippen LogP contribution in [-0.2, 0) is 0 Å². The van der Waals surface area contributed by atoms with Gasteiger partial charge >= 0.3 is 0 Å². The largest absolute Gasteiger partial charge is 0.362 e. The molecule has 0 bridgehead atoms. The fourth-order valence-electron chi connectivity index (χ4n) is 0.848. The lowest BCUT2D eigenvalue weighted by atomic mass is 10.3. The molecule has 0 radical (unpaired) electrons. The Labute approximate surface area is 85.5 Å². The molecule has 0 N–H and O–H groups in total. The van der Waals surface area contributed by atoms with Crippen LogP contribution in [0.15, 0.2) is 0 Å². The Morgan fingerprint density at radius 3 is 2.38 bits per heavy atom. The normalized spacial score (nSPS) is 9.85. The number of halogens is 2. The smallest absolute Gasteiger partial charge is 0.225 e. The summed E-state index contributed by atoms with van der Waals surface area (Å²) < 4.78 is 0. The van der Waals surface area contributed by atoms with Gasteiger partial charge in [-0.1, -0.05) is 11.6 Å². The molecule has 1 rings (SSSR count). The molecule has 0 fully saturated rings. The van der Waals surface area contributed by atoms with E-state index in [9.17, 15) is 4.79 Å². The highest BCUT2D eigenvalue weighted by molar-refractivity contribution is 6.34. The van der Waals surface area contributed by atoms with E-state index in [4.69, 9.17) is 23.2 Å². The molecule has 0 amide bonds. The Balaban J connectivity index is 3.38. The molecular weight excluding hydrogens is 213 g/mol. The van der Waals surface area contributed by atoms with Gasteiger partial charge < -0.3 is 4.90 Å². The predicted octanol–water partition coefficient (Wildman–Crippen LogP) is 1.66. The van der Waals surface area contributed by atoms with Crippen molar-refractivity contribution >= 4 is 35.3 Å². The minimum Gasteiger partial charge on any atom is -0.362 e. The Morgan fingerprint density at radius 1 is 1.31 bits per heavy atom. The summed E-state index contributed by atoms with van der Waals surface area (Å²) in [5.41, 5.74) is 0.246. The Bertz CT molecular complexity index is 341. The molecule has 0 aromatic carbocycles. The molecule has 0 spiro atoms. The van der Waals surface area contributed by atoms with Crippen molar-refractivity contribution in [1.29, 1.82) is 0 Å². The number of carbonyl (C=O) groups is 1. The monoisotopic (exact) mass is 219 g/mol. The predicted molar refractivity (Wildman–Crippen MR) is 51.8 cm³/mol. The number of carbonyl (C=O) groups excluding carboxylic acids is 1. The van der Waals surface area contributed by atoms with Crippen LogP contribution >= 0.6 is 23.2 Å². The third kappa shape index (κ3) is 2.08. The molecule has 1 heterocycles. The van der Waals surface area contributed by atoms with E-state index in [-0.39, 0.29) is 16.0 Å². The Hall–Kier alpha value is -0.870. The number of hydrogen-bond acceptors (Lipinski definition) is 4. The van der Waals surface area contributed by atoms with Crippen LogP contribution in [0.5, 0.6) is 0 Å². The number of anilines is 1. The van der Waals surface area contributed by atoms with E-state index in [0.717, 1.165) is 0 Å². The van der Waals surface area contributed by atoms with Crippen LogP contribution in [0, 0.1) is 0 Å². The van der Waals surface area contributed by atoms with Crippen molar-refractivity contribution in [3.05, 3.63) is 16.0 Å². The van der Waals surface area contributed by atoms with Crippen molar-refractivity contribution in [2.24, 2.45) is 0 Å². The second-order valence-electron chi connectivity index (χ2n) is 2.53. The summed E-state index contributed by atoms with van der Waals surface area (Å²) in [5.74, 6) is 0.417. The quantitative estimate of drug-likeness (QED) is 0.432. The molecule has 0 unspecified atom stereocenters.